The highest BCUT2D eigenvalue weighted by atomic mass is 35.5. The number of amidine groups is 1. The average Bonchev–Trinajstić information content (AvgIpc) is 3.23. The van der Waals surface area contributed by atoms with Crippen LogP contribution in [0.1, 0.15) is 40.7 Å². The van der Waals surface area contributed by atoms with Crippen molar-refractivity contribution in [3.05, 3.63) is 88.4 Å². The minimum atomic E-state index is -3.89. The van der Waals surface area contributed by atoms with Crippen molar-refractivity contribution in [1.82, 2.24) is 4.31 Å². The molecule has 2 aliphatic rings. The summed E-state index contributed by atoms with van der Waals surface area (Å²) in [6.45, 7) is 2.82. The van der Waals surface area contributed by atoms with E-state index in [1.807, 2.05) is 13.0 Å². The first-order valence-electron chi connectivity index (χ1n) is 12.8. The van der Waals surface area contributed by atoms with Gasteiger partial charge in [0.1, 0.15) is 11.5 Å². The molecule has 0 saturated carbocycles. The summed E-state index contributed by atoms with van der Waals surface area (Å²) in [6.07, 6.45) is 2.68. The van der Waals surface area contributed by atoms with Crippen LogP contribution in [0.2, 0.25) is 5.02 Å². The molecule has 40 heavy (non-hydrogen) atoms. The molecule has 0 unspecified atom stereocenters. The molecule has 1 saturated heterocycles. The van der Waals surface area contributed by atoms with Gasteiger partial charge < -0.3 is 9.64 Å². The first kappa shape index (κ1) is 28.3. The van der Waals surface area contributed by atoms with Crippen LogP contribution in [0.15, 0.2) is 80.9 Å². The fourth-order valence-electron chi connectivity index (χ4n) is 4.84. The van der Waals surface area contributed by atoms with Gasteiger partial charge in [0.25, 0.3) is 10.0 Å². The van der Waals surface area contributed by atoms with Crippen LogP contribution in [-0.2, 0) is 24.8 Å². The van der Waals surface area contributed by atoms with E-state index in [2.05, 4.69) is 4.40 Å². The van der Waals surface area contributed by atoms with E-state index in [-0.39, 0.29) is 34.3 Å². The molecule has 12 heteroatoms. The number of ether oxygens (including phenoxy) is 1. The monoisotopic (exact) mass is 601 g/mol. The van der Waals surface area contributed by atoms with E-state index in [9.17, 15) is 21.6 Å². The van der Waals surface area contributed by atoms with Crippen molar-refractivity contribution in [2.45, 2.75) is 36.0 Å². The smallest absolute Gasteiger partial charge is 0.338 e. The second kappa shape index (κ2) is 11.3. The van der Waals surface area contributed by atoms with Crippen LogP contribution in [0, 0.1) is 6.92 Å². The van der Waals surface area contributed by atoms with Crippen molar-refractivity contribution in [1.29, 1.82) is 0 Å². The Morgan fingerprint density at radius 3 is 2.35 bits per heavy atom. The van der Waals surface area contributed by atoms with E-state index in [1.165, 1.54) is 34.6 Å². The summed E-state index contributed by atoms with van der Waals surface area (Å²) < 4.78 is 62.4. The summed E-state index contributed by atoms with van der Waals surface area (Å²) in [7, 11) is -7.50. The fraction of sp³-hybridized carbons (Fsp3) is 0.286. The van der Waals surface area contributed by atoms with Gasteiger partial charge in [0.15, 0.2) is 5.84 Å². The number of halogens is 1. The predicted molar refractivity (Wildman–Crippen MR) is 153 cm³/mol. The van der Waals surface area contributed by atoms with Crippen LogP contribution in [0.3, 0.4) is 0 Å². The summed E-state index contributed by atoms with van der Waals surface area (Å²) in [5.74, 6) is -0.394. The number of fused-ring (bicyclic) bond motifs is 1. The highest BCUT2D eigenvalue weighted by Gasteiger charge is 2.34. The lowest BCUT2D eigenvalue weighted by molar-refractivity contribution is 0.0517. The number of piperidine rings is 1. The number of hydrogen-bond donors (Lipinski definition) is 0. The number of benzene rings is 3. The van der Waals surface area contributed by atoms with Crippen LogP contribution >= 0.6 is 11.6 Å². The molecule has 0 aromatic heterocycles. The number of sulfonamides is 2. The second-order valence-corrected chi connectivity index (χ2v) is 13.5. The van der Waals surface area contributed by atoms with Crippen molar-refractivity contribution < 1.29 is 26.4 Å². The van der Waals surface area contributed by atoms with E-state index in [1.54, 1.807) is 35.2 Å². The number of nitrogens with zero attached hydrogens (tertiary/aromatic N) is 3. The van der Waals surface area contributed by atoms with Gasteiger partial charge in [-0.25, -0.2) is 13.2 Å². The number of esters is 1. The maximum atomic E-state index is 12.9. The summed E-state index contributed by atoms with van der Waals surface area (Å²) in [6, 6.07) is 17.5. The van der Waals surface area contributed by atoms with Crippen molar-refractivity contribution in [3.8, 4) is 0 Å². The molecule has 5 rings (SSSR count). The van der Waals surface area contributed by atoms with Crippen molar-refractivity contribution in [2.75, 3.05) is 31.1 Å². The van der Waals surface area contributed by atoms with Crippen LogP contribution in [0.25, 0.3) is 0 Å². The van der Waals surface area contributed by atoms with Gasteiger partial charge in [0.2, 0.25) is 10.0 Å². The maximum Gasteiger partial charge on any atom is 0.338 e. The molecule has 210 valence electrons. The molecule has 0 spiro atoms. The van der Waals surface area contributed by atoms with E-state index in [0.29, 0.717) is 29.4 Å². The highest BCUT2D eigenvalue weighted by Crippen LogP contribution is 2.32. The Balaban J connectivity index is 1.33. The lowest BCUT2D eigenvalue weighted by Crippen LogP contribution is -2.35. The van der Waals surface area contributed by atoms with Gasteiger partial charge >= 0.3 is 5.97 Å². The van der Waals surface area contributed by atoms with E-state index in [0.717, 1.165) is 24.8 Å². The van der Waals surface area contributed by atoms with E-state index in [4.69, 9.17) is 16.3 Å². The van der Waals surface area contributed by atoms with Gasteiger partial charge in [0.05, 0.1) is 17.0 Å². The Bertz CT molecular complexity index is 1670. The molecule has 0 N–H and O–H groups in total. The molecule has 0 bridgehead atoms. The van der Waals surface area contributed by atoms with Gasteiger partial charge in [0, 0.05) is 29.4 Å². The number of carbonyl (C=O) groups is 1. The third-order valence-corrected chi connectivity index (χ3v) is 10.4. The van der Waals surface area contributed by atoms with E-state index < -0.39 is 26.0 Å². The van der Waals surface area contributed by atoms with Crippen molar-refractivity contribution >= 4 is 49.1 Å². The summed E-state index contributed by atoms with van der Waals surface area (Å²) in [5.41, 5.74) is 2.07. The lowest BCUT2D eigenvalue weighted by Gasteiger charge is -2.26. The molecule has 2 aliphatic heterocycles. The number of anilines is 1. The second-order valence-electron chi connectivity index (χ2n) is 9.59. The minimum Gasteiger partial charge on any atom is -0.460 e. The lowest BCUT2D eigenvalue weighted by atomic mass is 10.1. The fourth-order valence-corrected chi connectivity index (χ4v) is 7.76. The van der Waals surface area contributed by atoms with Crippen LogP contribution in [0.4, 0.5) is 5.69 Å². The van der Waals surface area contributed by atoms with Gasteiger partial charge in [-0.05, 0) is 79.9 Å². The Morgan fingerprint density at radius 1 is 1.00 bits per heavy atom. The molecule has 0 aliphatic carbocycles. The quantitative estimate of drug-likeness (QED) is 0.363. The average molecular weight is 602 g/mol. The zero-order chi connectivity index (χ0) is 28.5. The zero-order valence-electron chi connectivity index (χ0n) is 21.8. The van der Waals surface area contributed by atoms with Gasteiger partial charge in [-0.15, -0.1) is 4.40 Å². The minimum absolute atomic E-state index is 0.0877. The molecule has 0 atom stereocenters. The highest BCUT2D eigenvalue weighted by molar-refractivity contribution is 7.90. The third-order valence-electron chi connectivity index (χ3n) is 6.93. The summed E-state index contributed by atoms with van der Waals surface area (Å²) in [4.78, 5) is 14.7. The molecule has 9 nitrogen and oxygen atoms in total. The van der Waals surface area contributed by atoms with Gasteiger partial charge in [-0.1, -0.05) is 30.2 Å². The third kappa shape index (κ3) is 5.64. The molecule has 1 fully saturated rings. The molecule has 2 heterocycles. The normalized spacial score (nSPS) is 16.7. The maximum absolute atomic E-state index is 12.9. The summed E-state index contributed by atoms with van der Waals surface area (Å²) in [5, 5.41) is 0.512. The Labute approximate surface area is 239 Å². The molecule has 3 aromatic carbocycles. The molecular weight excluding hydrogens is 574 g/mol. The predicted octanol–water partition coefficient (Wildman–Crippen LogP) is 4.64. The standard InChI is InChI=1S/C28H28ClN3O6S2/c1-20-6-5-7-25-26(20)27(30-39(25,34)35)32(23-12-10-22(29)11-13-23)18-19-38-28(33)21-8-14-24(15-9-21)40(36,37)31-16-3-2-4-17-31/h5-15H,2-4,16-19H2,1H3. The first-order valence-corrected chi connectivity index (χ1v) is 16.1. The van der Waals surface area contributed by atoms with Crippen molar-refractivity contribution in [2.24, 2.45) is 4.40 Å². The molecular formula is C28H28ClN3O6S2. The number of aryl methyl sites for hydroxylation is 1. The number of carbonyl (C=O) groups excluding carboxylic acids is 1. The Kier molecular flexibility index (Phi) is 8.01. The Morgan fingerprint density at radius 2 is 1.68 bits per heavy atom. The number of hydrogen-bond acceptors (Lipinski definition) is 7. The van der Waals surface area contributed by atoms with E-state index >= 15 is 0 Å². The van der Waals surface area contributed by atoms with Gasteiger partial charge in [-0.3, -0.25) is 0 Å². The molecule has 0 amide bonds. The van der Waals surface area contributed by atoms with Crippen LogP contribution in [0.5, 0.6) is 0 Å². The molecule has 0 radical (unpaired) electrons. The number of rotatable bonds is 7. The van der Waals surface area contributed by atoms with Crippen LogP contribution < -0.4 is 4.90 Å². The van der Waals surface area contributed by atoms with Gasteiger partial charge in [-0.2, -0.15) is 12.7 Å². The van der Waals surface area contributed by atoms with Crippen molar-refractivity contribution in [3.63, 3.8) is 0 Å². The van der Waals surface area contributed by atoms with Crippen LogP contribution in [-0.4, -0.2) is 59.2 Å². The molecule has 3 aromatic rings. The summed E-state index contributed by atoms with van der Waals surface area (Å²) >= 11 is 6.07. The largest absolute Gasteiger partial charge is 0.460 e. The SMILES string of the molecule is Cc1cccc2c1C(N(CCOC(=O)c1ccc(S(=O)(=O)N3CCCCC3)cc1)c1ccc(Cl)cc1)=NS2(=O)=O. The Hall–Kier alpha value is -3.25. The topological polar surface area (TPSA) is 113 Å². The zero-order valence-corrected chi connectivity index (χ0v) is 24.2. The first-order chi connectivity index (χ1) is 19.1.